The molecule has 1 aliphatic carbocycles. The smallest absolute Gasteiger partial charge is 0.00682 e. The summed E-state index contributed by atoms with van der Waals surface area (Å²) in [4.78, 5) is 2.61. The molecule has 0 saturated heterocycles. The summed E-state index contributed by atoms with van der Waals surface area (Å²) in [6.45, 7) is 13.0. The first-order chi connectivity index (χ1) is 7.59. The summed E-state index contributed by atoms with van der Waals surface area (Å²) in [5.74, 6) is 0.784. The Kier molecular flexibility index (Phi) is 6.37. The van der Waals surface area contributed by atoms with Gasteiger partial charge in [-0.3, -0.25) is 0 Å². The van der Waals surface area contributed by atoms with E-state index in [1.807, 2.05) is 0 Å². The van der Waals surface area contributed by atoms with Gasteiger partial charge in [-0.05, 0) is 58.5 Å². The summed E-state index contributed by atoms with van der Waals surface area (Å²) in [6, 6.07) is 1.57. The van der Waals surface area contributed by atoms with Crippen LogP contribution in [-0.4, -0.2) is 36.6 Å². The molecule has 0 spiro atoms. The van der Waals surface area contributed by atoms with Crippen molar-refractivity contribution in [3.05, 3.63) is 0 Å². The molecule has 0 aromatic rings. The van der Waals surface area contributed by atoms with Crippen LogP contribution < -0.4 is 5.32 Å². The highest BCUT2D eigenvalue weighted by Gasteiger charge is 2.19. The molecule has 1 N–H and O–H groups in total. The lowest BCUT2D eigenvalue weighted by molar-refractivity contribution is 0.194. The van der Waals surface area contributed by atoms with Gasteiger partial charge in [-0.2, -0.15) is 0 Å². The highest BCUT2D eigenvalue weighted by Crippen LogP contribution is 2.18. The number of nitrogens with zero attached hydrogens (tertiary/aromatic N) is 1. The Morgan fingerprint density at radius 3 is 2.31 bits per heavy atom. The van der Waals surface area contributed by atoms with Gasteiger partial charge in [-0.15, -0.1) is 0 Å². The molecule has 1 rings (SSSR count). The van der Waals surface area contributed by atoms with Gasteiger partial charge in [0.2, 0.25) is 0 Å². The van der Waals surface area contributed by atoms with Crippen LogP contribution >= 0.6 is 0 Å². The van der Waals surface area contributed by atoms with Gasteiger partial charge in [0.15, 0.2) is 0 Å². The molecule has 0 unspecified atom stereocenters. The van der Waals surface area contributed by atoms with Crippen LogP contribution in [0.5, 0.6) is 0 Å². The molecule has 0 aliphatic heterocycles. The van der Waals surface area contributed by atoms with E-state index >= 15 is 0 Å². The summed E-state index contributed by atoms with van der Waals surface area (Å²) in [5, 5.41) is 3.58. The Labute approximate surface area is 102 Å². The van der Waals surface area contributed by atoms with Gasteiger partial charge >= 0.3 is 0 Å². The van der Waals surface area contributed by atoms with E-state index in [2.05, 4.69) is 37.9 Å². The van der Waals surface area contributed by atoms with Crippen molar-refractivity contribution in [1.29, 1.82) is 0 Å². The van der Waals surface area contributed by atoms with Crippen molar-refractivity contribution in [3.63, 3.8) is 0 Å². The van der Waals surface area contributed by atoms with Crippen LogP contribution in [0.2, 0.25) is 0 Å². The molecule has 1 saturated carbocycles. The standard InChI is InChI=1S/C14H30N2/c1-12(2)11-16(13(3)4)10-6-5-9-15-14-7-8-14/h12-15H,5-11H2,1-4H3. The SMILES string of the molecule is CC(C)CN(CCCCNC1CC1)C(C)C. The quantitative estimate of drug-likeness (QED) is 0.608. The zero-order valence-corrected chi connectivity index (χ0v) is 11.6. The minimum absolute atomic E-state index is 0.693. The summed E-state index contributed by atoms with van der Waals surface area (Å²) in [7, 11) is 0. The predicted octanol–water partition coefficient (Wildman–Crippen LogP) is 2.89. The number of unbranched alkanes of at least 4 members (excludes halogenated alkanes) is 1. The molecule has 0 aromatic heterocycles. The van der Waals surface area contributed by atoms with Gasteiger partial charge in [0, 0.05) is 18.6 Å². The van der Waals surface area contributed by atoms with Crippen LogP contribution in [0.3, 0.4) is 0 Å². The molecule has 1 aliphatic rings. The Balaban J connectivity index is 2.01. The topological polar surface area (TPSA) is 15.3 Å². The Morgan fingerprint density at radius 1 is 1.12 bits per heavy atom. The molecule has 0 bridgehead atoms. The van der Waals surface area contributed by atoms with Crippen LogP contribution in [-0.2, 0) is 0 Å². The zero-order chi connectivity index (χ0) is 12.0. The molecular weight excluding hydrogens is 196 g/mol. The monoisotopic (exact) mass is 226 g/mol. The number of hydrogen-bond acceptors (Lipinski definition) is 2. The molecule has 2 heteroatoms. The fourth-order valence-electron chi connectivity index (χ4n) is 2.06. The van der Waals surface area contributed by atoms with Gasteiger partial charge in [-0.25, -0.2) is 0 Å². The lowest BCUT2D eigenvalue weighted by Gasteiger charge is -2.28. The van der Waals surface area contributed by atoms with E-state index in [1.165, 1.54) is 45.3 Å². The van der Waals surface area contributed by atoms with E-state index in [0.29, 0.717) is 6.04 Å². The first-order valence-corrected chi connectivity index (χ1v) is 7.07. The maximum absolute atomic E-state index is 3.58. The Hall–Kier alpha value is -0.0800. The molecule has 0 amide bonds. The third-order valence-electron chi connectivity index (χ3n) is 3.21. The first-order valence-electron chi connectivity index (χ1n) is 7.07. The van der Waals surface area contributed by atoms with Gasteiger partial charge in [0.25, 0.3) is 0 Å². The van der Waals surface area contributed by atoms with Crippen LogP contribution in [0.15, 0.2) is 0 Å². The highest BCUT2D eigenvalue weighted by atomic mass is 15.1. The summed E-state index contributed by atoms with van der Waals surface area (Å²) in [5.41, 5.74) is 0. The zero-order valence-electron chi connectivity index (χ0n) is 11.6. The minimum atomic E-state index is 0.693. The molecule has 0 atom stereocenters. The second-order valence-electron chi connectivity index (χ2n) is 5.92. The van der Waals surface area contributed by atoms with Crippen LogP contribution in [0, 0.1) is 5.92 Å². The molecule has 2 nitrogen and oxygen atoms in total. The summed E-state index contributed by atoms with van der Waals surface area (Å²) >= 11 is 0. The number of nitrogens with one attached hydrogen (secondary N) is 1. The number of hydrogen-bond donors (Lipinski definition) is 1. The second-order valence-corrected chi connectivity index (χ2v) is 5.92. The first kappa shape index (κ1) is 14.0. The van der Waals surface area contributed by atoms with Crippen LogP contribution in [0.25, 0.3) is 0 Å². The van der Waals surface area contributed by atoms with E-state index in [-0.39, 0.29) is 0 Å². The molecule has 16 heavy (non-hydrogen) atoms. The fraction of sp³-hybridized carbons (Fsp3) is 1.00. The lowest BCUT2D eigenvalue weighted by atomic mass is 10.1. The molecule has 0 aromatic carbocycles. The normalized spacial score (nSPS) is 16.7. The molecular formula is C14H30N2. The average molecular weight is 226 g/mol. The predicted molar refractivity (Wildman–Crippen MR) is 71.8 cm³/mol. The van der Waals surface area contributed by atoms with Gasteiger partial charge in [0.1, 0.15) is 0 Å². The maximum atomic E-state index is 3.58. The van der Waals surface area contributed by atoms with Gasteiger partial charge in [-0.1, -0.05) is 13.8 Å². The van der Waals surface area contributed by atoms with E-state index < -0.39 is 0 Å². The van der Waals surface area contributed by atoms with Crippen molar-refractivity contribution in [2.45, 2.75) is 65.5 Å². The minimum Gasteiger partial charge on any atom is -0.314 e. The Bertz CT molecular complexity index is 174. The maximum Gasteiger partial charge on any atom is 0.00682 e. The molecule has 1 fully saturated rings. The van der Waals surface area contributed by atoms with Crippen molar-refractivity contribution < 1.29 is 0 Å². The Morgan fingerprint density at radius 2 is 1.81 bits per heavy atom. The van der Waals surface area contributed by atoms with Crippen molar-refractivity contribution in [2.75, 3.05) is 19.6 Å². The number of rotatable bonds is 9. The molecule has 96 valence electrons. The summed E-state index contributed by atoms with van der Waals surface area (Å²) in [6.07, 6.45) is 5.49. The van der Waals surface area contributed by atoms with E-state index in [9.17, 15) is 0 Å². The summed E-state index contributed by atoms with van der Waals surface area (Å²) < 4.78 is 0. The largest absolute Gasteiger partial charge is 0.314 e. The van der Waals surface area contributed by atoms with E-state index in [0.717, 1.165) is 12.0 Å². The average Bonchev–Trinajstić information content (AvgIpc) is 2.98. The van der Waals surface area contributed by atoms with Crippen molar-refractivity contribution in [1.82, 2.24) is 10.2 Å². The van der Waals surface area contributed by atoms with E-state index in [1.54, 1.807) is 0 Å². The van der Waals surface area contributed by atoms with Crippen molar-refractivity contribution >= 4 is 0 Å². The third kappa shape index (κ3) is 6.49. The lowest BCUT2D eigenvalue weighted by Crippen LogP contribution is -2.35. The molecule has 0 radical (unpaired) electrons. The highest BCUT2D eigenvalue weighted by molar-refractivity contribution is 4.80. The van der Waals surface area contributed by atoms with Crippen LogP contribution in [0.4, 0.5) is 0 Å². The second kappa shape index (κ2) is 7.29. The van der Waals surface area contributed by atoms with E-state index in [4.69, 9.17) is 0 Å². The van der Waals surface area contributed by atoms with Gasteiger partial charge < -0.3 is 10.2 Å². The van der Waals surface area contributed by atoms with Crippen molar-refractivity contribution in [3.8, 4) is 0 Å². The van der Waals surface area contributed by atoms with Crippen LogP contribution in [0.1, 0.15) is 53.4 Å². The van der Waals surface area contributed by atoms with Gasteiger partial charge in [0.05, 0.1) is 0 Å². The third-order valence-corrected chi connectivity index (χ3v) is 3.21. The molecule has 0 heterocycles. The fourth-order valence-corrected chi connectivity index (χ4v) is 2.06. The van der Waals surface area contributed by atoms with Crippen molar-refractivity contribution in [2.24, 2.45) is 5.92 Å².